The van der Waals surface area contributed by atoms with Crippen molar-refractivity contribution in [2.45, 2.75) is 0 Å². The van der Waals surface area contributed by atoms with Gasteiger partial charge in [0.1, 0.15) is 0 Å². The van der Waals surface area contributed by atoms with Crippen molar-refractivity contribution in [3.05, 3.63) is 34.1 Å². The zero-order chi connectivity index (χ0) is 8.84. The number of pyridine rings is 1. The first-order valence-electron chi connectivity index (χ1n) is 3.92. The van der Waals surface area contributed by atoms with Crippen LogP contribution in [0.15, 0.2) is 17.1 Å². The summed E-state index contributed by atoms with van der Waals surface area (Å²) in [6.45, 7) is 0. The fourth-order valence-electron chi connectivity index (χ4n) is 1.56. The lowest BCUT2D eigenvalue weighted by Crippen LogP contribution is -2.11. The number of nitrogens with zero attached hydrogens (tertiary/aromatic N) is 2. The lowest BCUT2D eigenvalue weighted by atomic mass is 10.2. The van der Waals surface area contributed by atoms with Gasteiger partial charge in [-0.3, -0.25) is 4.98 Å². The molecule has 0 saturated heterocycles. The van der Waals surface area contributed by atoms with Crippen LogP contribution in [0.25, 0.3) is 23.1 Å². The molecular formula is C9H5N3O. The lowest BCUT2D eigenvalue weighted by Gasteiger charge is -1.97. The van der Waals surface area contributed by atoms with Crippen LogP contribution in [0.5, 0.6) is 0 Å². The molecule has 0 saturated carbocycles. The van der Waals surface area contributed by atoms with E-state index in [4.69, 9.17) is 0 Å². The Bertz CT molecular complexity index is 583. The molecule has 0 bridgehead atoms. The van der Waals surface area contributed by atoms with E-state index in [9.17, 15) is 4.79 Å². The molecule has 0 amide bonds. The van der Waals surface area contributed by atoms with Gasteiger partial charge in [0.25, 0.3) is 0 Å². The van der Waals surface area contributed by atoms with Gasteiger partial charge < -0.3 is 4.98 Å². The molecule has 0 radical (unpaired) electrons. The first kappa shape index (κ1) is 6.54. The predicted molar refractivity (Wildman–Crippen MR) is 49.1 cm³/mol. The quantitative estimate of drug-likeness (QED) is 0.544. The van der Waals surface area contributed by atoms with Crippen molar-refractivity contribution in [3.8, 4) is 0 Å². The van der Waals surface area contributed by atoms with Crippen molar-refractivity contribution in [2.24, 2.45) is 0 Å². The normalized spacial score (nSPS) is 12.6. The van der Waals surface area contributed by atoms with Gasteiger partial charge in [0, 0.05) is 11.6 Å². The number of aromatic amines is 1. The monoisotopic (exact) mass is 171 g/mol. The molecule has 1 N–H and O–H groups in total. The van der Waals surface area contributed by atoms with Crippen LogP contribution in [-0.4, -0.2) is 15.0 Å². The molecule has 0 aromatic carbocycles. The molecule has 1 aliphatic carbocycles. The highest BCUT2D eigenvalue weighted by atomic mass is 16.1. The average molecular weight is 171 g/mol. The third-order valence-electron chi connectivity index (χ3n) is 2.10. The Morgan fingerprint density at radius 3 is 3.00 bits per heavy atom. The van der Waals surface area contributed by atoms with E-state index >= 15 is 0 Å². The molecule has 0 atom stereocenters. The standard InChI is InChI=1S/C9H5N3O/c13-9-11-6-2-1-5-8(6)7(12-9)3-4-10-5/h1-4H,(H,11,12,13). The zero-order valence-electron chi connectivity index (χ0n) is 6.61. The van der Waals surface area contributed by atoms with Crippen LogP contribution < -0.4 is 5.69 Å². The van der Waals surface area contributed by atoms with E-state index in [0.29, 0.717) is 5.69 Å². The Hall–Kier alpha value is -1.97. The van der Waals surface area contributed by atoms with Gasteiger partial charge in [-0.1, -0.05) is 0 Å². The second-order valence-electron chi connectivity index (χ2n) is 2.88. The van der Waals surface area contributed by atoms with E-state index < -0.39 is 0 Å². The summed E-state index contributed by atoms with van der Waals surface area (Å²) >= 11 is 0. The molecule has 0 unspecified atom stereocenters. The number of aromatic nitrogens is 3. The Balaban J connectivity index is 2.67. The average Bonchev–Trinajstić information content (AvgIpc) is 2.50. The van der Waals surface area contributed by atoms with Crippen molar-refractivity contribution in [2.75, 3.05) is 0 Å². The van der Waals surface area contributed by atoms with E-state index in [2.05, 4.69) is 15.0 Å². The smallest absolute Gasteiger partial charge is 0.305 e. The van der Waals surface area contributed by atoms with Crippen molar-refractivity contribution in [1.82, 2.24) is 15.0 Å². The summed E-state index contributed by atoms with van der Waals surface area (Å²) in [7, 11) is 0. The van der Waals surface area contributed by atoms with Crippen LogP contribution >= 0.6 is 0 Å². The summed E-state index contributed by atoms with van der Waals surface area (Å²) < 4.78 is 0. The highest BCUT2D eigenvalue weighted by Gasteiger charge is 2.11. The van der Waals surface area contributed by atoms with Gasteiger partial charge in [-0.2, -0.15) is 4.98 Å². The van der Waals surface area contributed by atoms with E-state index in [1.807, 2.05) is 6.08 Å². The van der Waals surface area contributed by atoms with Crippen molar-refractivity contribution < 1.29 is 0 Å². The molecular weight excluding hydrogens is 166 g/mol. The van der Waals surface area contributed by atoms with Gasteiger partial charge in [-0.25, -0.2) is 4.79 Å². The fraction of sp³-hybridized carbons (Fsp3) is 0. The van der Waals surface area contributed by atoms with Gasteiger partial charge in [-0.15, -0.1) is 0 Å². The van der Waals surface area contributed by atoms with Gasteiger partial charge in [0.05, 0.1) is 16.9 Å². The van der Waals surface area contributed by atoms with E-state index in [0.717, 1.165) is 16.6 Å². The van der Waals surface area contributed by atoms with Gasteiger partial charge in [-0.05, 0) is 18.2 Å². The first-order chi connectivity index (χ1) is 6.34. The van der Waals surface area contributed by atoms with Gasteiger partial charge in [0.15, 0.2) is 0 Å². The minimum atomic E-state index is -0.314. The third kappa shape index (κ3) is 0.767. The van der Waals surface area contributed by atoms with Gasteiger partial charge >= 0.3 is 5.69 Å². The molecule has 0 aliphatic heterocycles. The summed E-state index contributed by atoms with van der Waals surface area (Å²) in [5, 5.41) is 0.933. The van der Waals surface area contributed by atoms with Crippen LogP contribution in [0, 0.1) is 0 Å². The van der Waals surface area contributed by atoms with Crippen LogP contribution in [0.4, 0.5) is 0 Å². The summed E-state index contributed by atoms with van der Waals surface area (Å²) in [4.78, 5) is 21.7. The molecule has 62 valence electrons. The fourth-order valence-corrected chi connectivity index (χ4v) is 1.56. The Kier molecular flexibility index (Phi) is 1.02. The summed E-state index contributed by atoms with van der Waals surface area (Å²) in [5.74, 6) is 0. The maximum atomic E-state index is 11.1. The number of hydrogen-bond acceptors (Lipinski definition) is 3. The van der Waals surface area contributed by atoms with Gasteiger partial charge in [0.2, 0.25) is 0 Å². The predicted octanol–water partition coefficient (Wildman–Crippen LogP) is 0.802. The molecule has 2 aromatic heterocycles. The summed E-state index contributed by atoms with van der Waals surface area (Å²) in [6.07, 6.45) is 5.34. The minimum Gasteiger partial charge on any atom is -0.305 e. The van der Waals surface area contributed by atoms with E-state index in [1.165, 1.54) is 0 Å². The first-order valence-corrected chi connectivity index (χ1v) is 3.92. The second kappa shape index (κ2) is 2.04. The molecule has 2 aromatic rings. The molecule has 13 heavy (non-hydrogen) atoms. The molecule has 2 heterocycles. The zero-order valence-corrected chi connectivity index (χ0v) is 6.61. The minimum absolute atomic E-state index is 0.314. The maximum absolute atomic E-state index is 11.1. The molecule has 4 nitrogen and oxygen atoms in total. The topological polar surface area (TPSA) is 58.6 Å². The SMILES string of the molecule is O=c1nc2c3c(nccc3[nH]1)C=C2. The highest BCUT2D eigenvalue weighted by molar-refractivity contribution is 6.00. The number of nitrogens with one attached hydrogen (secondary N) is 1. The Labute approximate surface area is 73.0 Å². The molecule has 3 rings (SSSR count). The number of rotatable bonds is 0. The number of hydrogen-bond donors (Lipinski definition) is 1. The van der Waals surface area contributed by atoms with Crippen LogP contribution in [0.3, 0.4) is 0 Å². The van der Waals surface area contributed by atoms with Crippen molar-refractivity contribution in [1.29, 1.82) is 0 Å². The highest BCUT2D eigenvalue weighted by Crippen LogP contribution is 2.24. The molecule has 0 fully saturated rings. The van der Waals surface area contributed by atoms with Crippen molar-refractivity contribution >= 4 is 23.1 Å². The largest absolute Gasteiger partial charge is 0.345 e. The molecule has 1 aliphatic rings. The third-order valence-corrected chi connectivity index (χ3v) is 2.10. The van der Waals surface area contributed by atoms with E-state index in [-0.39, 0.29) is 5.69 Å². The second-order valence-corrected chi connectivity index (χ2v) is 2.88. The van der Waals surface area contributed by atoms with Crippen LogP contribution in [-0.2, 0) is 0 Å². The lowest BCUT2D eigenvalue weighted by molar-refractivity contribution is 1.10. The van der Waals surface area contributed by atoms with E-state index in [1.54, 1.807) is 18.3 Å². The number of H-pyrrole nitrogens is 1. The van der Waals surface area contributed by atoms with Crippen LogP contribution in [0.1, 0.15) is 11.4 Å². The Morgan fingerprint density at radius 2 is 2.08 bits per heavy atom. The Morgan fingerprint density at radius 1 is 1.23 bits per heavy atom. The summed E-state index contributed by atoms with van der Waals surface area (Å²) in [6, 6.07) is 1.78. The maximum Gasteiger partial charge on any atom is 0.345 e. The summed E-state index contributed by atoms with van der Waals surface area (Å²) in [5.41, 5.74) is 2.06. The van der Waals surface area contributed by atoms with Crippen LogP contribution in [0.2, 0.25) is 0 Å². The molecule has 4 heteroatoms. The molecule has 0 spiro atoms. The van der Waals surface area contributed by atoms with Crippen molar-refractivity contribution in [3.63, 3.8) is 0 Å².